The van der Waals surface area contributed by atoms with Gasteiger partial charge in [-0.25, -0.2) is 5.48 Å². The Balaban J connectivity index is 2.36. The van der Waals surface area contributed by atoms with E-state index in [0.29, 0.717) is 29.2 Å². The molecule has 0 unspecified atom stereocenters. The first-order chi connectivity index (χ1) is 15.1. The number of amides is 1. The summed E-state index contributed by atoms with van der Waals surface area (Å²) < 4.78 is 15.0. The van der Waals surface area contributed by atoms with Crippen molar-refractivity contribution in [2.24, 2.45) is 0 Å². The van der Waals surface area contributed by atoms with Gasteiger partial charge < -0.3 is 14.2 Å². The molecule has 2 N–H and O–H groups in total. The maximum absolute atomic E-state index is 11.5. The first-order valence-corrected chi connectivity index (χ1v) is 10.7. The fraction of sp³-hybridized carbons (Fsp3) is 0.261. The van der Waals surface area contributed by atoms with Gasteiger partial charge in [-0.1, -0.05) is 23.8 Å². The largest absolute Gasteiger partial charge is 0.496 e. The molecule has 32 heavy (non-hydrogen) atoms. The van der Waals surface area contributed by atoms with Gasteiger partial charge in [0.2, 0.25) is 0 Å². The van der Waals surface area contributed by atoms with Gasteiger partial charge in [-0.15, -0.1) is 0 Å². The van der Waals surface area contributed by atoms with Crippen LogP contribution >= 0.6 is 34.8 Å². The summed E-state index contributed by atoms with van der Waals surface area (Å²) in [7, 11) is 1.59. The van der Waals surface area contributed by atoms with Gasteiger partial charge >= 0.3 is 3.98 Å². The number of alkyl halides is 3. The van der Waals surface area contributed by atoms with E-state index in [9.17, 15) is 4.79 Å². The van der Waals surface area contributed by atoms with E-state index in [1.807, 2.05) is 13.8 Å². The van der Waals surface area contributed by atoms with Crippen LogP contribution in [0.3, 0.4) is 0 Å². The second-order valence-corrected chi connectivity index (χ2v) is 9.12. The zero-order chi connectivity index (χ0) is 23.7. The molecule has 0 aromatic heterocycles. The predicted octanol–water partition coefficient (Wildman–Crippen LogP) is 6.01. The van der Waals surface area contributed by atoms with E-state index < -0.39 is 9.89 Å². The minimum Gasteiger partial charge on any atom is -0.496 e. The maximum Gasteiger partial charge on any atom is 0.338 e. The number of hydroxylamine groups is 1. The van der Waals surface area contributed by atoms with Crippen LogP contribution in [0.2, 0.25) is 0 Å². The Kier molecular flexibility index (Phi) is 9.72. The van der Waals surface area contributed by atoms with Gasteiger partial charge in [0.15, 0.2) is 0 Å². The lowest BCUT2D eigenvalue weighted by atomic mass is 10.0. The quantitative estimate of drug-likeness (QED) is 0.145. The minimum absolute atomic E-state index is 0.232. The van der Waals surface area contributed by atoms with E-state index in [4.69, 9.17) is 54.2 Å². The van der Waals surface area contributed by atoms with E-state index in [0.717, 1.165) is 16.7 Å². The van der Waals surface area contributed by atoms with Crippen molar-refractivity contribution in [3.8, 4) is 17.2 Å². The zero-order valence-corrected chi connectivity index (χ0v) is 20.1. The fourth-order valence-corrected chi connectivity index (χ4v) is 3.03. The lowest BCUT2D eigenvalue weighted by Gasteiger charge is -2.18. The first-order valence-electron chi connectivity index (χ1n) is 9.55. The zero-order valence-electron chi connectivity index (χ0n) is 17.8. The van der Waals surface area contributed by atoms with Crippen LogP contribution in [-0.2, 0) is 17.8 Å². The highest BCUT2D eigenvalue weighted by Crippen LogP contribution is 2.35. The van der Waals surface area contributed by atoms with Crippen LogP contribution in [0.25, 0.3) is 6.08 Å². The average Bonchev–Trinajstić information content (AvgIpc) is 2.74. The molecular formula is C23H24Cl3NO5. The number of hydrogen-bond donors (Lipinski definition) is 2. The molecule has 0 aliphatic carbocycles. The van der Waals surface area contributed by atoms with Gasteiger partial charge in [0.1, 0.15) is 23.9 Å². The Bertz CT molecular complexity index is 978. The fourth-order valence-electron chi connectivity index (χ4n) is 2.77. The van der Waals surface area contributed by atoms with E-state index in [-0.39, 0.29) is 6.61 Å². The molecule has 6 nitrogen and oxygen atoms in total. The smallest absolute Gasteiger partial charge is 0.338 e. The van der Waals surface area contributed by atoms with E-state index in [2.05, 4.69) is 6.08 Å². The summed E-state index contributed by atoms with van der Waals surface area (Å²) in [6, 6.07) is 10.5. The number of allylic oxidation sites excluding steroid dienone is 2. The molecule has 0 atom stereocenters. The first kappa shape index (κ1) is 25.9. The molecule has 0 saturated heterocycles. The number of nitrogens with one attached hydrogen (secondary N) is 1. The Labute approximate surface area is 202 Å². The molecular weight excluding hydrogens is 477 g/mol. The van der Waals surface area contributed by atoms with Crippen LogP contribution in [0.4, 0.5) is 0 Å². The minimum atomic E-state index is -1.85. The lowest BCUT2D eigenvalue weighted by Crippen LogP contribution is -2.14. The van der Waals surface area contributed by atoms with Gasteiger partial charge in [0.05, 0.1) is 7.11 Å². The van der Waals surface area contributed by atoms with Crippen LogP contribution in [0.5, 0.6) is 17.2 Å². The Morgan fingerprint density at radius 1 is 1.12 bits per heavy atom. The third-order valence-corrected chi connectivity index (χ3v) is 4.48. The number of rotatable bonds is 9. The normalized spacial score (nSPS) is 11.2. The molecule has 2 aromatic carbocycles. The number of halogens is 3. The molecule has 0 aliphatic heterocycles. The third-order valence-electron chi connectivity index (χ3n) is 4.25. The van der Waals surface area contributed by atoms with Crippen molar-refractivity contribution in [1.82, 2.24) is 5.48 Å². The highest BCUT2D eigenvalue weighted by molar-refractivity contribution is 6.66. The molecule has 0 aliphatic rings. The number of ether oxygens (including phenoxy) is 3. The van der Waals surface area contributed by atoms with Crippen molar-refractivity contribution in [3.05, 3.63) is 70.8 Å². The van der Waals surface area contributed by atoms with Crippen LogP contribution in [0.15, 0.2) is 54.1 Å². The van der Waals surface area contributed by atoms with E-state index in [1.165, 1.54) is 6.08 Å². The van der Waals surface area contributed by atoms with Crippen molar-refractivity contribution in [1.29, 1.82) is 0 Å². The number of carbonyl (C=O) groups is 1. The monoisotopic (exact) mass is 499 g/mol. The van der Waals surface area contributed by atoms with E-state index >= 15 is 0 Å². The summed E-state index contributed by atoms with van der Waals surface area (Å²) >= 11 is 16.9. The average molecular weight is 501 g/mol. The highest BCUT2D eigenvalue weighted by atomic mass is 35.6. The molecule has 172 valence electrons. The standard InChI is InChI=1S/C23H24Cl3NO5/c1-15(2)4-11-19-20(30-3)12-7-17(8-13-21(28)27-29)22(19)31-14-16-5-9-18(10-6-16)32-23(24,25)26/h4-10,12-13,29H,11,14H2,1-3H3,(H,27,28). The third kappa shape index (κ3) is 8.28. The molecule has 0 saturated carbocycles. The second kappa shape index (κ2) is 12.0. The molecule has 0 bridgehead atoms. The Hall–Kier alpha value is -2.38. The van der Waals surface area contributed by atoms with Crippen LogP contribution < -0.4 is 19.7 Å². The van der Waals surface area contributed by atoms with Crippen molar-refractivity contribution < 1.29 is 24.2 Å². The maximum atomic E-state index is 11.5. The molecule has 0 spiro atoms. The summed E-state index contributed by atoms with van der Waals surface area (Å²) in [6.07, 6.45) is 5.40. The van der Waals surface area contributed by atoms with Crippen LogP contribution in [-0.4, -0.2) is 22.2 Å². The van der Waals surface area contributed by atoms with Gasteiger partial charge in [-0.05, 0) is 91.0 Å². The summed E-state index contributed by atoms with van der Waals surface area (Å²) in [5.41, 5.74) is 5.05. The van der Waals surface area contributed by atoms with Crippen molar-refractivity contribution in [2.75, 3.05) is 7.11 Å². The number of hydrogen-bond acceptors (Lipinski definition) is 5. The van der Waals surface area contributed by atoms with Crippen molar-refractivity contribution in [2.45, 2.75) is 30.9 Å². The highest BCUT2D eigenvalue weighted by Gasteiger charge is 2.21. The summed E-state index contributed by atoms with van der Waals surface area (Å²) in [6.45, 7) is 4.24. The number of methoxy groups -OCH3 is 1. The van der Waals surface area contributed by atoms with Gasteiger partial charge in [-0.3, -0.25) is 10.0 Å². The molecule has 1 amide bonds. The van der Waals surface area contributed by atoms with Crippen LogP contribution in [0, 0.1) is 0 Å². The Morgan fingerprint density at radius 2 is 1.81 bits per heavy atom. The molecule has 2 aromatic rings. The summed E-state index contributed by atoms with van der Waals surface area (Å²) in [5, 5.41) is 8.76. The van der Waals surface area contributed by atoms with Crippen molar-refractivity contribution >= 4 is 46.8 Å². The van der Waals surface area contributed by atoms with Gasteiger partial charge in [-0.2, -0.15) is 0 Å². The summed E-state index contributed by atoms with van der Waals surface area (Å²) in [5.74, 6) is 0.971. The van der Waals surface area contributed by atoms with Crippen molar-refractivity contribution in [3.63, 3.8) is 0 Å². The number of benzene rings is 2. The molecule has 0 radical (unpaired) electrons. The summed E-state index contributed by atoms with van der Waals surface area (Å²) in [4.78, 5) is 11.5. The number of carbonyl (C=O) groups excluding carboxylic acids is 1. The topological polar surface area (TPSA) is 77.0 Å². The SMILES string of the molecule is COc1ccc(C=CC(=O)NO)c(OCc2ccc(OC(Cl)(Cl)Cl)cc2)c1CC=C(C)C. The molecule has 0 fully saturated rings. The molecule has 2 rings (SSSR count). The van der Waals surface area contributed by atoms with Gasteiger partial charge in [0, 0.05) is 17.2 Å². The predicted molar refractivity (Wildman–Crippen MR) is 127 cm³/mol. The second-order valence-electron chi connectivity index (χ2n) is 6.94. The Morgan fingerprint density at radius 3 is 2.38 bits per heavy atom. The lowest BCUT2D eigenvalue weighted by molar-refractivity contribution is -0.124. The van der Waals surface area contributed by atoms with Crippen LogP contribution in [0.1, 0.15) is 30.5 Å². The van der Waals surface area contributed by atoms with E-state index in [1.54, 1.807) is 55.1 Å². The molecule has 0 heterocycles. The molecule has 9 heteroatoms. The van der Waals surface area contributed by atoms with Gasteiger partial charge in [0.25, 0.3) is 5.91 Å².